The molecular weight excluding hydrogens is 315 g/mol. The van der Waals surface area contributed by atoms with Gasteiger partial charge in [-0.3, -0.25) is 4.29 Å². The van der Waals surface area contributed by atoms with Crippen molar-refractivity contribution in [3.63, 3.8) is 0 Å². The molecule has 0 aromatic heterocycles. The van der Waals surface area contributed by atoms with E-state index in [1.165, 1.54) is 0 Å². The minimum atomic E-state index is -0.956. The van der Waals surface area contributed by atoms with E-state index in [2.05, 4.69) is 0 Å². The van der Waals surface area contributed by atoms with Gasteiger partial charge in [0, 0.05) is 10.6 Å². The molecule has 0 spiro atoms. The van der Waals surface area contributed by atoms with E-state index in [4.69, 9.17) is 27.8 Å². The molecule has 0 N–H and O–H groups in total. The maximum absolute atomic E-state index is 6.45. The quantitative estimate of drug-likeness (QED) is 0.550. The minimum Gasteiger partial charge on any atom is -0.258 e. The second kappa shape index (κ2) is 6.53. The number of hydrogen-bond acceptors (Lipinski definition) is 1. The van der Waals surface area contributed by atoms with Crippen LogP contribution in [0.3, 0.4) is 0 Å². The fraction of sp³-hybridized carbons (Fsp3) is 0.0526. The van der Waals surface area contributed by atoms with Gasteiger partial charge in [0.15, 0.2) is 5.60 Å². The topological polar surface area (TPSA) is 9.23 Å². The van der Waals surface area contributed by atoms with Gasteiger partial charge in [-0.2, -0.15) is 0 Å². The molecular formula is C19H14Cl2O. The first-order chi connectivity index (χ1) is 10.8. The Morgan fingerprint density at radius 1 is 0.636 bits per heavy atom. The van der Waals surface area contributed by atoms with E-state index >= 15 is 0 Å². The van der Waals surface area contributed by atoms with Crippen molar-refractivity contribution in [2.45, 2.75) is 5.60 Å². The van der Waals surface area contributed by atoms with E-state index < -0.39 is 5.60 Å². The molecule has 0 aliphatic carbocycles. The Labute approximate surface area is 140 Å². The molecule has 0 bridgehead atoms. The molecule has 3 aromatic carbocycles. The molecule has 0 saturated carbocycles. The summed E-state index contributed by atoms with van der Waals surface area (Å²) >= 11 is 12.5. The summed E-state index contributed by atoms with van der Waals surface area (Å²) in [7, 11) is 0. The third-order valence-corrected chi connectivity index (χ3v) is 4.29. The summed E-state index contributed by atoms with van der Waals surface area (Å²) in [6, 6.07) is 27.3. The standard InChI is InChI=1S/C19H14Cl2O/c20-18-14-8-7-13-17(18)19(22-21,15-9-3-1-4-10-15)16-11-5-2-6-12-16/h1-14H. The van der Waals surface area contributed by atoms with Crippen LogP contribution in [0.2, 0.25) is 5.02 Å². The average molecular weight is 329 g/mol. The smallest absolute Gasteiger partial charge is 0.166 e. The van der Waals surface area contributed by atoms with Crippen LogP contribution in [0.4, 0.5) is 0 Å². The summed E-state index contributed by atoms with van der Waals surface area (Å²) < 4.78 is 5.56. The van der Waals surface area contributed by atoms with Crippen molar-refractivity contribution in [1.29, 1.82) is 0 Å². The van der Waals surface area contributed by atoms with Crippen LogP contribution in [0, 0.1) is 0 Å². The van der Waals surface area contributed by atoms with Crippen LogP contribution in [0.25, 0.3) is 0 Å². The number of benzene rings is 3. The summed E-state index contributed by atoms with van der Waals surface area (Å²) in [5.74, 6) is 0. The third-order valence-electron chi connectivity index (χ3n) is 3.73. The lowest BCUT2D eigenvalue weighted by molar-refractivity contribution is 0.175. The SMILES string of the molecule is ClOC(c1ccccc1)(c1ccccc1)c1ccccc1Cl. The van der Waals surface area contributed by atoms with Gasteiger partial charge in [0.05, 0.1) is 11.9 Å². The van der Waals surface area contributed by atoms with Crippen molar-refractivity contribution in [3.05, 3.63) is 107 Å². The highest BCUT2D eigenvalue weighted by atomic mass is 35.5. The predicted octanol–water partition coefficient (Wildman–Crippen LogP) is 5.80. The lowest BCUT2D eigenvalue weighted by Crippen LogP contribution is -2.30. The summed E-state index contributed by atoms with van der Waals surface area (Å²) in [5.41, 5.74) is 1.69. The van der Waals surface area contributed by atoms with Crippen molar-refractivity contribution in [3.8, 4) is 0 Å². The minimum absolute atomic E-state index is 0.607. The Bertz CT molecular complexity index is 702. The number of halogens is 2. The number of hydrogen-bond donors (Lipinski definition) is 0. The van der Waals surface area contributed by atoms with E-state index in [0.29, 0.717) is 5.02 Å². The third kappa shape index (κ3) is 2.52. The van der Waals surface area contributed by atoms with Crippen molar-refractivity contribution in [1.82, 2.24) is 0 Å². The van der Waals surface area contributed by atoms with E-state index in [1.807, 2.05) is 84.9 Å². The molecule has 1 nitrogen and oxygen atoms in total. The molecule has 0 unspecified atom stereocenters. The molecule has 3 rings (SSSR count). The molecule has 0 fully saturated rings. The molecule has 0 atom stereocenters. The van der Waals surface area contributed by atoms with Crippen molar-refractivity contribution in [2.24, 2.45) is 0 Å². The first-order valence-corrected chi connectivity index (χ1v) is 7.63. The van der Waals surface area contributed by atoms with Gasteiger partial charge >= 0.3 is 0 Å². The van der Waals surface area contributed by atoms with Crippen LogP contribution in [-0.4, -0.2) is 0 Å². The average Bonchev–Trinajstić information content (AvgIpc) is 2.59. The van der Waals surface area contributed by atoms with Crippen molar-refractivity contribution >= 4 is 23.5 Å². The van der Waals surface area contributed by atoms with E-state index in [0.717, 1.165) is 16.7 Å². The van der Waals surface area contributed by atoms with Crippen LogP contribution in [0.1, 0.15) is 16.7 Å². The van der Waals surface area contributed by atoms with Crippen LogP contribution >= 0.6 is 23.5 Å². The molecule has 0 radical (unpaired) electrons. The first kappa shape index (κ1) is 15.1. The Hall–Kier alpha value is -1.80. The molecule has 22 heavy (non-hydrogen) atoms. The molecule has 0 heterocycles. The van der Waals surface area contributed by atoms with Gasteiger partial charge in [-0.15, -0.1) is 0 Å². The van der Waals surface area contributed by atoms with Crippen LogP contribution < -0.4 is 0 Å². The monoisotopic (exact) mass is 328 g/mol. The van der Waals surface area contributed by atoms with Gasteiger partial charge in [-0.05, 0) is 17.2 Å². The van der Waals surface area contributed by atoms with Gasteiger partial charge in [0.2, 0.25) is 0 Å². The first-order valence-electron chi connectivity index (χ1n) is 6.95. The fourth-order valence-electron chi connectivity index (χ4n) is 2.70. The second-order valence-corrected chi connectivity index (χ2v) is 5.53. The highest BCUT2D eigenvalue weighted by Gasteiger charge is 2.39. The largest absolute Gasteiger partial charge is 0.258 e. The lowest BCUT2D eigenvalue weighted by atomic mass is 9.80. The molecule has 3 aromatic rings. The van der Waals surface area contributed by atoms with E-state index in [1.54, 1.807) is 0 Å². The zero-order valence-corrected chi connectivity index (χ0v) is 13.3. The normalized spacial score (nSPS) is 11.4. The van der Waals surface area contributed by atoms with E-state index in [9.17, 15) is 0 Å². The van der Waals surface area contributed by atoms with Crippen LogP contribution in [-0.2, 0) is 9.89 Å². The second-order valence-electron chi connectivity index (χ2n) is 4.97. The molecule has 3 heteroatoms. The summed E-state index contributed by atoms with van der Waals surface area (Å²) in [4.78, 5) is 0. The van der Waals surface area contributed by atoms with Crippen molar-refractivity contribution < 1.29 is 4.29 Å². The van der Waals surface area contributed by atoms with Crippen LogP contribution in [0.5, 0.6) is 0 Å². The molecule has 110 valence electrons. The molecule has 0 aliphatic rings. The molecule has 0 saturated heterocycles. The Morgan fingerprint density at radius 2 is 1.09 bits per heavy atom. The zero-order valence-electron chi connectivity index (χ0n) is 11.7. The zero-order chi connectivity index (χ0) is 15.4. The van der Waals surface area contributed by atoms with Crippen LogP contribution in [0.15, 0.2) is 84.9 Å². The Balaban J connectivity index is 2.34. The maximum Gasteiger partial charge on any atom is 0.166 e. The fourth-order valence-corrected chi connectivity index (χ4v) is 3.23. The predicted molar refractivity (Wildman–Crippen MR) is 91.2 cm³/mol. The van der Waals surface area contributed by atoms with Gasteiger partial charge in [0.25, 0.3) is 0 Å². The summed E-state index contributed by atoms with van der Waals surface area (Å²) in [6.07, 6.45) is 0. The van der Waals surface area contributed by atoms with Gasteiger partial charge in [-0.1, -0.05) is 90.5 Å². The molecule has 0 aliphatic heterocycles. The maximum atomic E-state index is 6.45. The lowest BCUT2D eigenvalue weighted by Gasteiger charge is -2.33. The summed E-state index contributed by atoms with van der Waals surface area (Å²) in [6.45, 7) is 0. The highest BCUT2D eigenvalue weighted by molar-refractivity contribution is 6.31. The molecule has 0 amide bonds. The Kier molecular flexibility index (Phi) is 4.49. The van der Waals surface area contributed by atoms with Gasteiger partial charge in [0.1, 0.15) is 0 Å². The van der Waals surface area contributed by atoms with E-state index in [-0.39, 0.29) is 0 Å². The van der Waals surface area contributed by atoms with Gasteiger partial charge in [-0.25, -0.2) is 0 Å². The number of rotatable bonds is 4. The Morgan fingerprint density at radius 3 is 1.55 bits per heavy atom. The van der Waals surface area contributed by atoms with Crippen molar-refractivity contribution in [2.75, 3.05) is 0 Å². The van der Waals surface area contributed by atoms with Gasteiger partial charge < -0.3 is 0 Å². The highest BCUT2D eigenvalue weighted by Crippen LogP contribution is 2.43. The summed E-state index contributed by atoms with van der Waals surface area (Å²) in [5, 5.41) is 0.607.